The van der Waals surface area contributed by atoms with E-state index in [1.807, 2.05) is 30.6 Å². The molecule has 1 aromatic heterocycles. The number of ether oxygens (including phenoxy) is 1. The summed E-state index contributed by atoms with van der Waals surface area (Å²) in [6.07, 6.45) is 1.89. The highest BCUT2D eigenvalue weighted by atomic mass is 16.5. The Morgan fingerprint density at radius 2 is 1.79 bits per heavy atom. The zero-order chi connectivity index (χ0) is 13.1. The maximum Gasteiger partial charge on any atom is 0.0964 e. The normalized spacial score (nSPS) is 12.7. The number of aromatic nitrogens is 2. The van der Waals surface area contributed by atoms with Gasteiger partial charge in [-0.25, -0.2) is 4.98 Å². The Kier molecular flexibility index (Phi) is 3.29. The molecule has 3 aromatic rings. The first-order valence-corrected chi connectivity index (χ1v) is 6.35. The quantitative estimate of drug-likeness (QED) is 0.712. The van der Waals surface area contributed by atoms with Crippen molar-refractivity contribution in [2.45, 2.75) is 6.04 Å². The number of benzene rings is 2. The van der Waals surface area contributed by atoms with E-state index in [-0.39, 0.29) is 6.04 Å². The van der Waals surface area contributed by atoms with Gasteiger partial charge in [0.2, 0.25) is 0 Å². The molecule has 0 amide bonds. The smallest absolute Gasteiger partial charge is 0.0964 e. The molecule has 3 rings (SSSR count). The number of para-hydroxylation sites is 2. The van der Waals surface area contributed by atoms with Crippen molar-refractivity contribution in [2.75, 3.05) is 13.7 Å². The molecule has 3 nitrogen and oxygen atoms in total. The molecule has 0 aliphatic rings. The molecule has 0 bridgehead atoms. The lowest BCUT2D eigenvalue weighted by molar-refractivity contribution is 0.170. The van der Waals surface area contributed by atoms with Crippen LogP contribution in [-0.2, 0) is 4.74 Å². The number of methoxy groups -OCH3 is 1. The first-order chi connectivity index (χ1) is 9.40. The summed E-state index contributed by atoms with van der Waals surface area (Å²) in [5.74, 6) is 0. The molecule has 0 spiro atoms. The van der Waals surface area contributed by atoms with E-state index in [1.165, 1.54) is 5.56 Å². The van der Waals surface area contributed by atoms with E-state index in [4.69, 9.17) is 4.74 Å². The lowest BCUT2D eigenvalue weighted by Crippen LogP contribution is -2.15. The van der Waals surface area contributed by atoms with Crippen molar-refractivity contribution < 1.29 is 4.74 Å². The number of nitrogens with zero attached hydrogens (tertiary/aromatic N) is 2. The fourth-order valence-corrected chi connectivity index (χ4v) is 2.40. The topological polar surface area (TPSA) is 27.1 Å². The number of hydrogen-bond acceptors (Lipinski definition) is 2. The highest BCUT2D eigenvalue weighted by Gasteiger charge is 2.15. The van der Waals surface area contributed by atoms with Crippen LogP contribution in [0.1, 0.15) is 11.6 Å². The fourth-order valence-electron chi connectivity index (χ4n) is 2.40. The van der Waals surface area contributed by atoms with E-state index in [1.54, 1.807) is 7.11 Å². The molecule has 0 fully saturated rings. The third-order valence-corrected chi connectivity index (χ3v) is 3.33. The number of imidazole rings is 1. The van der Waals surface area contributed by atoms with Crippen LogP contribution in [0.3, 0.4) is 0 Å². The SMILES string of the molecule is COC[C@@H](c1ccccc1)n1cnc2ccccc21. The van der Waals surface area contributed by atoms with E-state index in [0.29, 0.717) is 6.61 Å². The lowest BCUT2D eigenvalue weighted by atomic mass is 10.1. The first-order valence-electron chi connectivity index (χ1n) is 6.35. The van der Waals surface area contributed by atoms with Gasteiger partial charge in [0, 0.05) is 7.11 Å². The summed E-state index contributed by atoms with van der Waals surface area (Å²) in [5, 5.41) is 0. The Bertz CT molecular complexity index is 661. The Hall–Kier alpha value is -2.13. The van der Waals surface area contributed by atoms with Gasteiger partial charge in [0.15, 0.2) is 0 Å². The maximum atomic E-state index is 5.38. The van der Waals surface area contributed by atoms with Gasteiger partial charge >= 0.3 is 0 Å². The molecule has 19 heavy (non-hydrogen) atoms. The lowest BCUT2D eigenvalue weighted by Gasteiger charge is -2.19. The molecule has 3 heteroatoms. The van der Waals surface area contributed by atoms with Gasteiger partial charge < -0.3 is 9.30 Å². The van der Waals surface area contributed by atoms with Crippen LogP contribution in [0, 0.1) is 0 Å². The van der Waals surface area contributed by atoms with Gasteiger partial charge in [-0.2, -0.15) is 0 Å². The third-order valence-electron chi connectivity index (χ3n) is 3.33. The van der Waals surface area contributed by atoms with Gasteiger partial charge in [0.1, 0.15) is 0 Å². The highest BCUT2D eigenvalue weighted by Crippen LogP contribution is 2.23. The Morgan fingerprint density at radius 1 is 1.05 bits per heavy atom. The van der Waals surface area contributed by atoms with E-state index < -0.39 is 0 Å². The van der Waals surface area contributed by atoms with Crippen LogP contribution in [-0.4, -0.2) is 23.3 Å². The van der Waals surface area contributed by atoms with Gasteiger partial charge in [-0.15, -0.1) is 0 Å². The Balaban J connectivity index is 2.10. The van der Waals surface area contributed by atoms with Crippen molar-refractivity contribution in [2.24, 2.45) is 0 Å². The molecule has 1 atom stereocenters. The number of rotatable bonds is 4. The van der Waals surface area contributed by atoms with Gasteiger partial charge in [0.05, 0.1) is 30.0 Å². The zero-order valence-electron chi connectivity index (χ0n) is 10.9. The van der Waals surface area contributed by atoms with E-state index in [2.05, 4.69) is 39.9 Å². The molecule has 0 aliphatic carbocycles. The average molecular weight is 252 g/mol. The maximum absolute atomic E-state index is 5.38. The van der Waals surface area contributed by atoms with Crippen LogP contribution in [0.2, 0.25) is 0 Å². The minimum absolute atomic E-state index is 0.151. The minimum atomic E-state index is 0.151. The standard InChI is InChI=1S/C16H16N2O/c1-19-11-16(13-7-3-2-4-8-13)18-12-17-14-9-5-6-10-15(14)18/h2-10,12,16H,11H2,1H3/t16-/m0/s1. The van der Waals surface area contributed by atoms with Crippen LogP contribution >= 0.6 is 0 Å². The largest absolute Gasteiger partial charge is 0.382 e. The van der Waals surface area contributed by atoms with Crippen molar-refractivity contribution in [1.82, 2.24) is 9.55 Å². The van der Waals surface area contributed by atoms with E-state index in [9.17, 15) is 0 Å². The van der Waals surface area contributed by atoms with Crippen LogP contribution in [0.15, 0.2) is 60.9 Å². The summed E-state index contributed by atoms with van der Waals surface area (Å²) < 4.78 is 7.56. The molecular formula is C16H16N2O. The summed E-state index contributed by atoms with van der Waals surface area (Å²) in [4.78, 5) is 4.45. The molecule has 96 valence electrons. The molecular weight excluding hydrogens is 236 g/mol. The molecule has 2 aromatic carbocycles. The predicted molar refractivity (Wildman–Crippen MR) is 76.2 cm³/mol. The van der Waals surface area contributed by atoms with Gasteiger partial charge in [0.25, 0.3) is 0 Å². The molecule has 0 saturated heterocycles. The summed E-state index contributed by atoms with van der Waals surface area (Å²) in [7, 11) is 1.73. The van der Waals surface area contributed by atoms with Crippen LogP contribution in [0.25, 0.3) is 11.0 Å². The van der Waals surface area contributed by atoms with Crippen molar-refractivity contribution in [3.05, 3.63) is 66.5 Å². The van der Waals surface area contributed by atoms with Crippen LogP contribution in [0.5, 0.6) is 0 Å². The second-order valence-corrected chi connectivity index (χ2v) is 4.52. The number of fused-ring (bicyclic) bond motifs is 1. The fraction of sp³-hybridized carbons (Fsp3) is 0.188. The second kappa shape index (κ2) is 5.24. The van der Waals surface area contributed by atoms with Gasteiger partial charge in [-0.05, 0) is 17.7 Å². The average Bonchev–Trinajstić information content (AvgIpc) is 2.89. The molecule has 0 unspecified atom stereocenters. The summed E-state index contributed by atoms with van der Waals surface area (Å²) >= 11 is 0. The third kappa shape index (κ3) is 2.25. The van der Waals surface area contributed by atoms with E-state index >= 15 is 0 Å². The van der Waals surface area contributed by atoms with Crippen LogP contribution < -0.4 is 0 Å². The predicted octanol–water partition coefficient (Wildman–Crippen LogP) is 3.27. The zero-order valence-corrected chi connectivity index (χ0v) is 10.9. The van der Waals surface area contributed by atoms with Crippen LogP contribution in [0.4, 0.5) is 0 Å². The second-order valence-electron chi connectivity index (χ2n) is 4.52. The van der Waals surface area contributed by atoms with Crippen molar-refractivity contribution in [3.63, 3.8) is 0 Å². The number of hydrogen-bond donors (Lipinski definition) is 0. The van der Waals surface area contributed by atoms with Crippen molar-refractivity contribution in [3.8, 4) is 0 Å². The first kappa shape index (κ1) is 11.9. The molecule has 0 aliphatic heterocycles. The summed E-state index contributed by atoms with van der Waals surface area (Å²) in [5.41, 5.74) is 3.38. The van der Waals surface area contributed by atoms with E-state index in [0.717, 1.165) is 11.0 Å². The minimum Gasteiger partial charge on any atom is -0.382 e. The summed E-state index contributed by atoms with van der Waals surface area (Å²) in [6, 6.07) is 18.7. The van der Waals surface area contributed by atoms with Crippen molar-refractivity contribution in [1.29, 1.82) is 0 Å². The molecule has 1 heterocycles. The van der Waals surface area contributed by atoms with Crippen molar-refractivity contribution >= 4 is 11.0 Å². The Labute approximate surface area is 112 Å². The van der Waals surface area contributed by atoms with Gasteiger partial charge in [-0.3, -0.25) is 0 Å². The van der Waals surface area contributed by atoms with Gasteiger partial charge in [-0.1, -0.05) is 42.5 Å². The molecule has 0 radical (unpaired) electrons. The highest BCUT2D eigenvalue weighted by molar-refractivity contribution is 5.75. The Morgan fingerprint density at radius 3 is 2.58 bits per heavy atom. The summed E-state index contributed by atoms with van der Waals surface area (Å²) in [6.45, 7) is 0.629. The molecule has 0 saturated carbocycles. The monoisotopic (exact) mass is 252 g/mol. The molecule has 0 N–H and O–H groups in total.